The summed E-state index contributed by atoms with van der Waals surface area (Å²) in [5.74, 6) is 0.515. The van der Waals surface area contributed by atoms with Gasteiger partial charge in [0, 0.05) is 15.7 Å². The van der Waals surface area contributed by atoms with Crippen LogP contribution in [0.5, 0.6) is 5.75 Å². The molecule has 0 spiro atoms. The van der Waals surface area contributed by atoms with Crippen LogP contribution < -0.4 is 15.5 Å². The van der Waals surface area contributed by atoms with Crippen LogP contribution in [-0.2, 0) is 4.79 Å². The van der Waals surface area contributed by atoms with Crippen LogP contribution in [0.2, 0.25) is 0 Å². The number of benzene rings is 2. The standard InChI is InChI=1S/C18H20BrN3O2/c1-2-10-24-17-9-8-15(19)11-14(17)12-21-22-18(23)13-20-16-6-4-3-5-7-16/h3-9,11-12,20H,2,10,13H2,1H3,(H,22,23)/b21-12-. The molecule has 126 valence electrons. The van der Waals surface area contributed by atoms with Crippen LogP contribution in [0, 0.1) is 0 Å². The second-order valence-electron chi connectivity index (χ2n) is 5.04. The van der Waals surface area contributed by atoms with Gasteiger partial charge >= 0.3 is 0 Å². The summed E-state index contributed by atoms with van der Waals surface area (Å²) < 4.78 is 6.59. The molecule has 24 heavy (non-hydrogen) atoms. The van der Waals surface area contributed by atoms with Crippen molar-refractivity contribution in [3.63, 3.8) is 0 Å². The van der Waals surface area contributed by atoms with E-state index in [0.29, 0.717) is 6.61 Å². The fourth-order valence-corrected chi connectivity index (χ4v) is 2.29. The maximum atomic E-state index is 11.8. The van der Waals surface area contributed by atoms with Gasteiger partial charge < -0.3 is 10.1 Å². The number of anilines is 1. The van der Waals surface area contributed by atoms with Gasteiger partial charge in [-0.2, -0.15) is 5.10 Å². The number of hydrazone groups is 1. The summed E-state index contributed by atoms with van der Waals surface area (Å²) in [5.41, 5.74) is 4.19. The van der Waals surface area contributed by atoms with Crippen LogP contribution >= 0.6 is 15.9 Å². The first-order valence-electron chi connectivity index (χ1n) is 7.72. The molecule has 2 aromatic carbocycles. The first kappa shape index (κ1) is 18.0. The number of carbonyl (C=O) groups excluding carboxylic acids is 1. The molecule has 0 atom stereocenters. The molecule has 0 aliphatic carbocycles. The highest BCUT2D eigenvalue weighted by molar-refractivity contribution is 9.10. The molecule has 5 nitrogen and oxygen atoms in total. The molecule has 0 bridgehead atoms. The highest BCUT2D eigenvalue weighted by Crippen LogP contribution is 2.21. The lowest BCUT2D eigenvalue weighted by molar-refractivity contribution is -0.119. The molecule has 2 N–H and O–H groups in total. The smallest absolute Gasteiger partial charge is 0.259 e. The van der Waals surface area contributed by atoms with Crippen LogP contribution in [0.15, 0.2) is 58.1 Å². The maximum absolute atomic E-state index is 11.8. The molecule has 0 aliphatic rings. The number of nitrogens with zero attached hydrogens (tertiary/aromatic N) is 1. The van der Waals surface area contributed by atoms with Gasteiger partial charge in [-0.25, -0.2) is 5.43 Å². The minimum absolute atomic E-state index is 0.152. The molecule has 0 radical (unpaired) electrons. The lowest BCUT2D eigenvalue weighted by Gasteiger charge is -2.08. The van der Waals surface area contributed by atoms with Gasteiger partial charge in [-0.3, -0.25) is 4.79 Å². The van der Waals surface area contributed by atoms with Crippen LogP contribution in [0.3, 0.4) is 0 Å². The quantitative estimate of drug-likeness (QED) is 0.533. The van der Waals surface area contributed by atoms with Crippen molar-refractivity contribution in [2.75, 3.05) is 18.5 Å². The van der Waals surface area contributed by atoms with Crippen molar-refractivity contribution in [3.8, 4) is 5.75 Å². The van der Waals surface area contributed by atoms with E-state index >= 15 is 0 Å². The van der Waals surface area contributed by atoms with Crippen molar-refractivity contribution in [2.45, 2.75) is 13.3 Å². The largest absolute Gasteiger partial charge is 0.493 e. The van der Waals surface area contributed by atoms with Crippen molar-refractivity contribution in [1.82, 2.24) is 5.43 Å². The third-order valence-corrected chi connectivity index (χ3v) is 3.55. The summed E-state index contributed by atoms with van der Waals surface area (Å²) >= 11 is 3.42. The number of halogens is 1. The van der Waals surface area contributed by atoms with Gasteiger partial charge in [0.1, 0.15) is 5.75 Å². The molecule has 6 heteroatoms. The third kappa shape index (κ3) is 6.04. The van der Waals surface area contributed by atoms with E-state index in [1.165, 1.54) is 0 Å². The van der Waals surface area contributed by atoms with Gasteiger partial charge in [0.15, 0.2) is 0 Å². The van der Waals surface area contributed by atoms with Gasteiger partial charge in [0.25, 0.3) is 5.91 Å². The van der Waals surface area contributed by atoms with E-state index in [1.807, 2.05) is 55.5 Å². The number of rotatable bonds is 8. The lowest BCUT2D eigenvalue weighted by atomic mass is 10.2. The van der Waals surface area contributed by atoms with E-state index in [2.05, 4.69) is 31.8 Å². The Morgan fingerprint density at radius 1 is 1.25 bits per heavy atom. The molecule has 0 saturated heterocycles. The Labute approximate surface area is 150 Å². The Hall–Kier alpha value is -2.34. The van der Waals surface area contributed by atoms with Gasteiger partial charge in [-0.05, 0) is 36.8 Å². The van der Waals surface area contributed by atoms with Crippen molar-refractivity contribution in [3.05, 3.63) is 58.6 Å². The molecule has 1 amide bonds. The number of hydrogen-bond donors (Lipinski definition) is 2. The Morgan fingerprint density at radius 3 is 2.79 bits per heavy atom. The molecular weight excluding hydrogens is 370 g/mol. The minimum atomic E-state index is -0.221. The molecule has 0 aliphatic heterocycles. The molecule has 2 aromatic rings. The Kier molecular flexibility index (Phi) is 7.29. The minimum Gasteiger partial charge on any atom is -0.493 e. The van der Waals surface area contributed by atoms with E-state index in [-0.39, 0.29) is 12.5 Å². The van der Waals surface area contributed by atoms with Crippen molar-refractivity contribution >= 4 is 33.7 Å². The summed E-state index contributed by atoms with van der Waals surface area (Å²) in [7, 11) is 0. The molecule has 0 fully saturated rings. The Balaban J connectivity index is 1.88. The highest BCUT2D eigenvalue weighted by atomic mass is 79.9. The molecule has 2 rings (SSSR count). The number of para-hydroxylation sites is 1. The molecule has 0 saturated carbocycles. The third-order valence-electron chi connectivity index (χ3n) is 3.05. The number of amides is 1. The topological polar surface area (TPSA) is 62.7 Å². The van der Waals surface area contributed by atoms with Crippen molar-refractivity contribution in [2.24, 2.45) is 5.10 Å². The fraction of sp³-hybridized carbons (Fsp3) is 0.222. The predicted molar refractivity (Wildman–Crippen MR) is 101 cm³/mol. The zero-order valence-electron chi connectivity index (χ0n) is 13.5. The zero-order chi connectivity index (χ0) is 17.2. The molecule has 0 heterocycles. The average molecular weight is 390 g/mol. The normalized spacial score (nSPS) is 10.6. The van der Waals surface area contributed by atoms with E-state index in [4.69, 9.17) is 4.74 Å². The number of hydrogen-bond acceptors (Lipinski definition) is 4. The SMILES string of the molecule is CCCOc1ccc(Br)cc1/C=N\NC(=O)CNc1ccccc1. The number of ether oxygens (including phenoxy) is 1. The monoisotopic (exact) mass is 389 g/mol. The molecule has 0 unspecified atom stereocenters. The van der Waals surface area contributed by atoms with Crippen LogP contribution in [0.4, 0.5) is 5.69 Å². The maximum Gasteiger partial charge on any atom is 0.259 e. The Bertz CT molecular complexity index is 690. The number of carbonyl (C=O) groups is 1. The van der Waals surface area contributed by atoms with Crippen LogP contribution in [0.25, 0.3) is 0 Å². The van der Waals surface area contributed by atoms with Gasteiger partial charge in [-0.1, -0.05) is 41.1 Å². The van der Waals surface area contributed by atoms with Gasteiger partial charge in [0.05, 0.1) is 19.4 Å². The summed E-state index contributed by atoms with van der Waals surface area (Å²) in [6.45, 7) is 2.83. The van der Waals surface area contributed by atoms with Crippen molar-refractivity contribution < 1.29 is 9.53 Å². The first-order valence-corrected chi connectivity index (χ1v) is 8.51. The summed E-state index contributed by atoms with van der Waals surface area (Å²) in [6.07, 6.45) is 2.50. The van der Waals surface area contributed by atoms with E-state index in [1.54, 1.807) is 6.21 Å². The van der Waals surface area contributed by atoms with E-state index in [9.17, 15) is 4.79 Å². The van der Waals surface area contributed by atoms with Crippen LogP contribution in [-0.4, -0.2) is 25.3 Å². The van der Waals surface area contributed by atoms with Crippen LogP contribution in [0.1, 0.15) is 18.9 Å². The summed E-state index contributed by atoms with van der Waals surface area (Å²) in [6, 6.07) is 15.2. The average Bonchev–Trinajstić information content (AvgIpc) is 2.60. The fourth-order valence-electron chi connectivity index (χ4n) is 1.92. The van der Waals surface area contributed by atoms with Gasteiger partial charge in [0.2, 0.25) is 0 Å². The highest BCUT2D eigenvalue weighted by Gasteiger charge is 2.03. The predicted octanol–water partition coefficient (Wildman–Crippen LogP) is 3.80. The zero-order valence-corrected chi connectivity index (χ0v) is 15.0. The second kappa shape index (κ2) is 9.72. The van der Waals surface area contributed by atoms with E-state index < -0.39 is 0 Å². The van der Waals surface area contributed by atoms with Crippen molar-refractivity contribution in [1.29, 1.82) is 0 Å². The van der Waals surface area contributed by atoms with Gasteiger partial charge in [-0.15, -0.1) is 0 Å². The molecular formula is C18H20BrN3O2. The summed E-state index contributed by atoms with van der Waals surface area (Å²) in [5, 5.41) is 7.02. The van der Waals surface area contributed by atoms with E-state index in [0.717, 1.165) is 27.9 Å². The molecule has 0 aromatic heterocycles. The Morgan fingerprint density at radius 2 is 2.04 bits per heavy atom. The lowest BCUT2D eigenvalue weighted by Crippen LogP contribution is -2.25. The first-order chi connectivity index (χ1) is 11.7. The number of nitrogens with one attached hydrogen (secondary N) is 2. The summed E-state index contributed by atoms with van der Waals surface area (Å²) in [4.78, 5) is 11.8. The second-order valence-corrected chi connectivity index (χ2v) is 5.96.